The van der Waals surface area contributed by atoms with E-state index in [1.54, 1.807) is 10.7 Å². The second kappa shape index (κ2) is 7.48. The molecule has 2 aromatic carbocycles. The SMILES string of the molecule is CCn1nnc2cc(C(=O)O[C@@H](C)C(=O)Nc3c(F)cccc3F)ccc21. The Labute approximate surface area is 152 Å². The Morgan fingerprint density at radius 1 is 1.22 bits per heavy atom. The standard InChI is InChI=1S/C18H16F2N4O3/c1-3-24-15-8-7-11(9-14(15)22-23-24)18(26)27-10(2)17(25)21-16-12(19)5-4-6-13(16)20/h4-10H,3H2,1-2H3,(H,21,25)/t10-/m0/s1. The van der Waals surface area contributed by atoms with Gasteiger partial charge in [0, 0.05) is 6.54 Å². The summed E-state index contributed by atoms with van der Waals surface area (Å²) in [5.74, 6) is -3.47. The molecule has 0 saturated heterocycles. The number of rotatable bonds is 5. The largest absolute Gasteiger partial charge is 0.449 e. The zero-order valence-corrected chi connectivity index (χ0v) is 14.6. The van der Waals surface area contributed by atoms with Crippen LogP contribution in [0.2, 0.25) is 0 Å². The zero-order chi connectivity index (χ0) is 19.6. The highest BCUT2D eigenvalue weighted by Crippen LogP contribution is 2.19. The van der Waals surface area contributed by atoms with Crippen LogP contribution in [0.4, 0.5) is 14.5 Å². The molecule has 1 heterocycles. The number of esters is 1. The van der Waals surface area contributed by atoms with Crippen molar-refractivity contribution in [2.24, 2.45) is 0 Å². The van der Waals surface area contributed by atoms with Crippen LogP contribution in [-0.4, -0.2) is 33.0 Å². The van der Waals surface area contributed by atoms with Crippen LogP contribution in [0.5, 0.6) is 0 Å². The van der Waals surface area contributed by atoms with Gasteiger partial charge in [-0.25, -0.2) is 18.3 Å². The third-order valence-corrected chi connectivity index (χ3v) is 3.91. The first-order valence-electron chi connectivity index (χ1n) is 8.19. The smallest absolute Gasteiger partial charge is 0.338 e. The maximum absolute atomic E-state index is 13.6. The van der Waals surface area contributed by atoms with Crippen LogP contribution in [0.15, 0.2) is 36.4 Å². The molecule has 27 heavy (non-hydrogen) atoms. The van der Waals surface area contributed by atoms with E-state index < -0.39 is 35.3 Å². The molecule has 9 heteroatoms. The summed E-state index contributed by atoms with van der Waals surface area (Å²) in [5.41, 5.74) is 0.858. The number of fused-ring (bicyclic) bond motifs is 1. The number of ether oxygens (including phenoxy) is 1. The number of nitrogens with zero attached hydrogens (tertiary/aromatic N) is 3. The molecule has 0 aliphatic rings. The Kier molecular flexibility index (Phi) is 5.11. The van der Waals surface area contributed by atoms with Crippen molar-refractivity contribution >= 4 is 28.6 Å². The van der Waals surface area contributed by atoms with E-state index in [-0.39, 0.29) is 5.56 Å². The Bertz CT molecular complexity index is 999. The van der Waals surface area contributed by atoms with Gasteiger partial charge in [0.25, 0.3) is 5.91 Å². The van der Waals surface area contributed by atoms with Crippen LogP contribution in [0.3, 0.4) is 0 Å². The van der Waals surface area contributed by atoms with Gasteiger partial charge in [0.15, 0.2) is 6.10 Å². The highest BCUT2D eigenvalue weighted by Gasteiger charge is 2.22. The Hall–Kier alpha value is -3.36. The number of hydrogen-bond donors (Lipinski definition) is 1. The summed E-state index contributed by atoms with van der Waals surface area (Å²) in [7, 11) is 0. The van der Waals surface area contributed by atoms with Gasteiger partial charge < -0.3 is 10.1 Å². The van der Waals surface area contributed by atoms with Crippen LogP contribution in [0.25, 0.3) is 11.0 Å². The van der Waals surface area contributed by atoms with Crippen LogP contribution in [0, 0.1) is 11.6 Å². The number of carbonyl (C=O) groups is 2. The van der Waals surface area contributed by atoms with E-state index in [2.05, 4.69) is 15.6 Å². The van der Waals surface area contributed by atoms with E-state index in [0.29, 0.717) is 12.1 Å². The molecule has 3 rings (SSSR count). The third kappa shape index (κ3) is 3.76. The molecule has 1 N–H and O–H groups in total. The van der Waals surface area contributed by atoms with Gasteiger partial charge in [0.05, 0.1) is 11.1 Å². The normalized spacial score (nSPS) is 12.0. The molecule has 1 amide bonds. The first kappa shape index (κ1) is 18.4. The van der Waals surface area contributed by atoms with Crippen LogP contribution >= 0.6 is 0 Å². The van der Waals surface area contributed by atoms with Crippen molar-refractivity contribution in [3.63, 3.8) is 0 Å². The second-order valence-electron chi connectivity index (χ2n) is 5.74. The molecule has 0 spiro atoms. The lowest BCUT2D eigenvalue weighted by Crippen LogP contribution is -2.30. The number of halogens is 2. The molecule has 0 aliphatic heterocycles. The van der Waals surface area contributed by atoms with Gasteiger partial charge in [0.2, 0.25) is 0 Å². The second-order valence-corrected chi connectivity index (χ2v) is 5.74. The lowest BCUT2D eigenvalue weighted by molar-refractivity contribution is -0.123. The molecule has 1 aromatic heterocycles. The van der Waals surface area contributed by atoms with Crippen molar-refractivity contribution in [1.82, 2.24) is 15.0 Å². The summed E-state index contributed by atoms with van der Waals surface area (Å²) in [6.45, 7) is 3.84. The van der Waals surface area contributed by atoms with Gasteiger partial charge in [-0.1, -0.05) is 11.3 Å². The molecule has 3 aromatic rings. The highest BCUT2D eigenvalue weighted by molar-refractivity contribution is 5.98. The summed E-state index contributed by atoms with van der Waals surface area (Å²) in [6, 6.07) is 7.89. The number of anilines is 1. The van der Waals surface area contributed by atoms with Gasteiger partial charge in [0.1, 0.15) is 22.8 Å². The Balaban J connectivity index is 1.70. The molecule has 140 valence electrons. The van der Waals surface area contributed by atoms with Gasteiger partial charge in [-0.3, -0.25) is 4.79 Å². The minimum atomic E-state index is -1.27. The fourth-order valence-corrected chi connectivity index (χ4v) is 2.46. The summed E-state index contributed by atoms with van der Waals surface area (Å²) in [5, 5.41) is 9.99. The third-order valence-electron chi connectivity index (χ3n) is 3.91. The molecule has 0 radical (unpaired) electrons. The number of benzene rings is 2. The molecular weight excluding hydrogens is 358 g/mol. The average molecular weight is 374 g/mol. The van der Waals surface area contributed by atoms with Crippen molar-refractivity contribution in [3.8, 4) is 0 Å². The fraction of sp³-hybridized carbons (Fsp3) is 0.222. The van der Waals surface area contributed by atoms with Gasteiger partial charge in [-0.2, -0.15) is 0 Å². The van der Waals surface area contributed by atoms with Crippen molar-refractivity contribution in [2.75, 3.05) is 5.32 Å². The number of aryl methyl sites for hydroxylation is 1. The number of aromatic nitrogens is 3. The molecule has 0 aliphatic carbocycles. The highest BCUT2D eigenvalue weighted by atomic mass is 19.1. The molecule has 0 fully saturated rings. The summed E-state index contributed by atoms with van der Waals surface area (Å²) >= 11 is 0. The van der Waals surface area contributed by atoms with Crippen LogP contribution < -0.4 is 5.32 Å². The summed E-state index contributed by atoms with van der Waals surface area (Å²) < 4.78 is 34.0. The predicted molar refractivity (Wildman–Crippen MR) is 93.1 cm³/mol. The molecule has 0 saturated carbocycles. The maximum atomic E-state index is 13.6. The maximum Gasteiger partial charge on any atom is 0.338 e. The van der Waals surface area contributed by atoms with E-state index in [4.69, 9.17) is 4.74 Å². The summed E-state index contributed by atoms with van der Waals surface area (Å²) in [6.07, 6.45) is -1.27. The number of para-hydroxylation sites is 1. The number of hydrogen-bond acceptors (Lipinski definition) is 5. The van der Waals surface area contributed by atoms with Crippen LogP contribution in [-0.2, 0) is 16.1 Å². The molecule has 0 unspecified atom stereocenters. The minimum Gasteiger partial charge on any atom is -0.449 e. The van der Waals surface area contributed by atoms with Crippen molar-refractivity contribution < 1.29 is 23.1 Å². The zero-order valence-electron chi connectivity index (χ0n) is 14.6. The lowest BCUT2D eigenvalue weighted by atomic mass is 10.2. The van der Waals surface area contributed by atoms with Crippen molar-refractivity contribution in [2.45, 2.75) is 26.5 Å². The van der Waals surface area contributed by atoms with Crippen molar-refractivity contribution in [3.05, 3.63) is 53.6 Å². The topological polar surface area (TPSA) is 86.1 Å². The number of carbonyl (C=O) groups excluding carboxylic acids is 2. The van der Waals surface area contributed by atoms with Gasteiger partial charge in [-0.05, 0) is 44.2 Å². The number of nitrogens with one attached hydrogen (secondary N) is 1. The average Bonchev–Trinajstić information content (AvgIpc) is 3.06. The minimum absolute atomic E-state index is 0.183. The molecule has 0 bridgehead atoms. The van der Waals surface area contributed by atoms with E-state index in [9.17, 15) is 18.4 Å². The van der Waals surface area contributed by atoms with Crippen molar-refractivity contribution in [1.29, 1.82) is 0 Å². The molecule has 1 atom stereocenters. The van der Waals surface area contributed by atoms with Gasteiger partial charge in [-0.15, -0.1) is 5.10 Å². The first-order chi connectivity index (χ1) is 12.9. The predicted octanol–water partition coefficient (Wildman–Crippen LogP) is 2.91. The Morgan fingerprint density at radius 2 is 1.93 bits per heavy atom. The van der Waals surface area contributed by atoms with E-state index in [1.165, 1.54) is 25.1 Å². The number of amides is 1. The Morgan fingerprint density at radius 3 is 2.59 bits per heavy atom. The van der Waals surface area contributed by atoms with Crippen LogP contribution in [0.1, 0.15) is 24.2 Å². The van der Waals surface area contributed by atoms with E-state index >= 15 is 0 Å². The monoisotopic (exact) mass is 374 g/mol. The first-order valence-corrected chi connectivity index (χ1v) is 8.19. The fourth-order valence-electron chi connectivity index (χ4n) is 2.46. The summed E-state index contributed by atoms with van der Waals surface area (Å²) in [4.78, 5) is 24.4. The quantitative estimate of drug-likeness (QED) is 0.694. The van der Waals surface area contributed by atoms with Gasteiger partial charge >= 0.3 is 5.97 Å². The lowest BCUT2D eigenvalue weighted by Gasteiger charge is -2.14. The van der Waals surface area contributed by atoms with E-state index in [0.717, 1.165) is 17.6 Å². The molecular formula is C18H16F2N4O3. The molecule has 7 nitrogen and oxygen atoms in total. The van der Waals surface area contributed by atoms with E-state index in [1.807, 2.05) is 6.92 Å².